The van der Waals surface area contributed by atoms with Crippen molar-refractivity contribution < 1.29 is 19.1 Å². The van der Waals surface area contributed by atoms with Crippen molar-refractivity contribution >= 4 is 23.5 Å². The lowest BCUT2D eigenvalue weighted by Crippen LogP contribution is -2.38. The van der Waals surface area contributed by atoms with Gasteiger partial charge < -0.3 is 15.4 Å². The number of carbonyl (C=O) groups excluding carboxylic acids is 3. The average Bonchev–Trinajstić information content (AvgIpc) is 2.90. The summed E-state index contributed by atoms with van der Waals surface area (Å²) in [6.45, 7) is -0.331. The van der Waals surface area contributed by atoms with E-state index in [1.165, 1.54) is 0 Å². The van der Waals surface area contributed by atoms with E-state index in [4.69, 9.17) is 4.74 Å². The van der Waals surface area contributed by atoms with Gasteiger partial charge in [-0.05, 0) is 29.8 Å². The summed E-state index contributed by atoms with van der Waals surface area (Å²) in [5.41, 5.74) is 1.50. The summed E-state index contributed by atoms with van der Waals surface area (Å²) < 4.78 is 5.05. The fourth-order valence-electron chi connectivity index (χ4n) is 2.73. The van der Waals surface area contributed by atoms with Gasteiger partial charge in [0.25, 0.3) is 5.91 Å². The SMILES string of the molecule is COc1ccc(NC(=O)CN2C(=O)N[C@H](Cc3ccccc3)C2=O)cc1. The normalized spacial score (nSPS) is 16.3. The second-order valence-corrected chi connectivity index (χ2v) is 5.89. The van der Waals surface area contributed by atoms with Crippen molar-refractivity contribution in [3.05, 3.63) is 60.2 Å². The zero-order chi connectivity index (χ0) is 18.5. The van der Waals surface area contributed by atoms with Crippen molar-refractivity contribution in [3.63, 3.8) is 0 Å². The van der Waals surface area contributed by atoms with E-state index in [0.717, 1.165) is 10.5 Å². The molecular weight excluding hydrogens is 334 g/mol. The summed E-state index contributed by atoms with van der Waals surface area (Å²) in [6, 6.07) is 15.0. The molecule has 7 nitrogen and oxygen atoms in total. The molecule has 1 fully saturated rings. The first-order valence-corrected chi connectivity index (χ1v) is 8.16. The molecule has 1 aliphatic heterocycles. The third-order valence-electron chi connectivity index (χ3n) is 4.07. The molecule has 134 valence electrons. The molecule has 1 atom stereocenters. The van der Waals surface area contributed by atoms with Gasteiger partial charge in [-0.25, -0.2) is 4.79 Å². The quantitative estimate of drug-likeness (QED) is 0.775. The van der Waals surface area contributed by atoms with E-state index in [1.54, 1.807) is 31.4 Å². The Labute approximate surface area is 150 Å². The van der Waals surface area contributed by atoms with Gasteiger partial charge in [-0.2, -0.15) is 0 Å². The standard InChI is InChI=1S/C19H19N3O4/c1-26-15-9-7-14(8-10-15)20-17(23)12-22-18(24)16(21-19(22)25)11-13-5-3-2-4-6-13/h2-10,16H,11-12H2,1H3,(H,20,23)(H,21,25)/t16-/m1/s1. The van der Waals surface area contributed by atoms with Crippen molar-refractivity contribution in [2.24, 2.45) is 0 Å². The van der Waals surface area contributed by atoms with Crippen molar-refractivity contribution in [1.29, 1.82) is 0 Å². The minimum absolute atomic E-state index is 0.331. The fourth-order valence-corrected chi connectivity index (χ4v) is 2.73. The third kappa shape index (κ3) is 4.00. The van der Waals surface area contributed by atoms with E-state index in [9.17, 15) is 14.4 Å². The lowest BCUT2D eigenvalue weighted by Gasteiger charge is -2.13. The van der Waals surface area contributed by atoms with Crippen LogP contribution < -0.4 is 15.4 Å². The molecule has 0 aromatic heterocycles. The molecule has 3 rings (SSSR count). The Balaban J connectivity index is 1.59. The van der Waals surface area contributed by atoms with E-state index in [0.29, 0.717) is 17.9 Å². The smallest absolute Gasteiger partial charge is 0.325 e. The van der Waals surface area contributed by atoms with Gasteiger partial charge in [0, 0.05) is 12.1 Å². The molecule has 2 N–H and O–H groups in total. The number of hydrogen-bond donors (Lipinski definition) is 2. The second kappa shape index (κ2) is 7.69. The van der Waals surface area contributed by atoms with Crippen LogP contribution in [0.5, 0.6) is 5.75 Å². The largest absolute Gasteiger partial charge is 0.497 e. The predicted molar refractivity (Wildman–Crippen MR) is 95.8 cm³/mol. The van der Waals surface area contributed by atoms with Gasteiger partial charge >= 0.3 is 6.03 Å². The number of anilines is 1. The highest BCUT2D eigenvalue weighted by atomic mass is 16.5. The first kappa shape index (κ1) is 17.5. The molecule has 4 amide bonds. The van der Waals surface area contributed by atoms with Crippen molar-refractivity contribution in [2.75, 3.05) is 19.0 Å². The first-order valence-electron chi connectivity index (χ1n) is 8.16. The summed E-state index contributed by atoms with van der Waals surface area (Å²) in [5.74, 6) is -0.177. The molecule has 26 heavy (non-hydrogen) atoms. The Morgan fingerprint density at radius 2 is 1.81 bits per heavy atom. The number of amides is 4. The van der Waals surface area contributed by atoms with Crippen LogP contribution in [0.25, 0.3) is 0 Å². The van der Waals surface area contributed by atoms with Gasteiger partial charge in [0.2, 0.25) is 5.91 Å². The van der Waals surface area contributed by atoms with Crippen LogP contribution in [0.2, 0.25) is 0 Å². The number of benzene rings is 2. The number of methoxy groups -OCH3 is 1. The van der Waals surface area contributed by atoms with E-state index in [2.05, 4.69) is 10.6 Å². The van der Waals surface area contributed by atoms with E-state index in [1.807, 2.05) is 30.3 Å². The summed E-state index contributed by atoms with van der Waals surface area (Å²) in [4.78, 5) is 37.6. The van der Waals surface area contributed by atoms with Gasteiger partial charge in [-0.3, -0.25) is 14.5 Å². The van der Waals surface area contributed by atoms with Crippen molar-refractivity contribution in [1.82, 2.24) is 10.2 Å². The number of urea groups is 1. The number of ether oxygens (including phenoxy) is 1. The Kier molecular flexibility index (Phi) is 5.17. The molecule has 0 aliphatic carbocycles. The van der Waals surface area contributed by atoms with Crippen LogP contribution in [-0.4, -0.2) is 42.4 Å². The van der Waals surface area contributed by atoms with Crippen LogP contribution in [0.1, 0.15) is 5.56 Å². The highest BCUT2D eigenvalue weighted by Crippen LogP contribution is 2.16. The van der Waals surface area contributed by atoms with Crippen LogP contribution in [0.3, 0.4) is 0 Å². The molecule has 1 heterocycles. The molecular formula is C19H19N3O4. The van der Waals surface area contributed by atoms with Crippen LogP contribution in [-0.2, 0) is 16.0 Å². The molecule has 0 radical (unpaired) electrons. The lowest BCUT2D eigenvalue weighted by atomic mass is 10.1. The predicted octanol–water partition coefficient (Wildman–Crippen LogP) is 1.80. The van der Waals surface area contributed by atoms with E-state index < -0.39 is 23.9 Å². The molecule has 0 unspecified atom stereocenters. The number of hydrogen-bond acceptors (Lipinski definition) is 4. The molecule has 2 aromatic rings. The summed E-state index contributed by atoms with van der Waals surface area (Å²) >= 11 is 0. The highest BCUT2D eigenvalue weighted by molar-refractivity contribution is 6.08. The molecule has 0 spiro atoms. The average molecular weight is 353 g/mol. The van der Waals surface area contributed by atoms with Gasteiger partial charge in [0.1, 0.15) is 18.3 Å². The number of rotatable bonds is 6. The monoisotopic (exact) mass is 353 g/mol. The van der Waals surface area contributed by atoms with Gasteiger partial charge in [-0.15, -0.1) is 0 Å². The third-order valence-corrected chi connectivity index (χ3v) is 4.07. The summed E-state index contributed by atoms with van der Waals surface area (Å²) in [7, 11) is 1.55. The zero-order valence-corrected chi connectivity index (χ0v) is 14.3. The molecule has 1 aliphatic rings. The minimum atomic E-state index is -0.654. The highest BCUT2D eigenvalue weighted by Gasteiger charge is 2.38. The zero-order valence-electron chi connectivity index (χ0n) is 14.3. The first-order chi connectivity index (χ1) is 12.6. The summed E-state index contributed by atoms with van der Waals surface area (Å²) in [5, 5.41) is 5.28. The maximum Gasteiger partial charge on any atom is 0.325 e. The Bertz CT molecular complexity index is 805. The molecule has 1 saturated heterocycles. The van der Waals surface area contributed by atoms with Crippen molar-refractivity contribution in [2.45, 2.75) is 12.5 Å². The van der Waals surface area contributed by atoms with Gasteiger partial charge in [-0.1, -0.05) is 30.3 Å². The molecule has 0 bridgehead atoms. The van der Waals surface area contributed by atoms with E-state index >= 15 is 0 Å². The Hall–Kier alpha value is -3.35. The van der Waals surface area contributed by atoms with Crippen LogP contribution >= 0.6 is 0 Å². The van der Waals surface area contributed by atoms with Crippen LogP contribution in [0.4, 0.5) is 10.5 Å². The number of imide groups is 1. The number of carbonyl (C=O) groups is 3. The second-order valence-electron chi connectivity index (χ2n) is 5.89. The number of nitrogens with zero attached hydrogens (tertiary/aromatic N) is 1. The van der Waals surface area contributed by atoms with Crippen LogP contribution in [0, 0.1) is 0 Å². The Morgan fingerprint density at radius 3 is 2.46 bits per heavy atom. The molecule has 0 saturated carbocycles. The van der Waals surface area contributed by atoms with Gasteiger partial charge in [0.05, 0.1) is 7.11 Å². The fraction of sp³-hybridized carbons (Fsp3) is 0.211. The number of nitrogens with one attached hydrogen (secondary N) is 2. The Morgan fingerprint density at radius 1 is 1.12 bits per heavy atom. The lowest BCUT2D eigenvalue weighted by molar-refractivity contribution is -0.130. The topological polar surface area (TPSA) is 87.7 Å². The summed E-state index contributed by atoms with van der Waals surface area (Å²) in [6.07, 6.45) is 0.391. The molecule has 7 heteroatoms. The van der Waals surface area contributed by atoms with Gasteiger partial charge in [0.15, 0.2) is 0 Å². The van der Waals surface area contributed by atoms with E-state index in [-0.39, 0.29) is 6.54 Å². The van der Waals surface area contributed by atoms with Crippen molar-refractivity contribution in [3.8, 4) is 5.75 Å². The molecule has 2 aromatic carbocycles. The minimum Gasteiger partial charge on any atom is -0.497 e. The maximum absolute atomic E-state index is 12.4. The van der Waals surface area contributed by atoms with Crippen LogP contribution in [0.15, 0.2) is 54.6 Å². The maximum atomic E-state index is 12.4.